The molecule has 0 aliphatic carbocycles. The summed E-state index contributed by atoms with van der Waals surface area (Å²) in [4.78, 5) is 11.9. The van der Waals surface area contributed by atoms with E-state index in [1.165, 1.54) is 25.4 Å². The van der Waals surface area contributed by atoms with Crippen LogP contribution in [0, 0.1) is 5.82 Å². The third-order valence-electron chi connectivity index (χ3n) is 3.77. The van der Waals surface area contributed by atoms with Gasteiger partial charge in [0, 0.05) is 22.2 Å². The lowest BCUT2D eigenvalue weighted by atomic mass is 10.2. The van der Waals surface area contributed by atoms with Gasteiger partial charge in [0.15, 0.2) is 0 Å². The molecule has 0 atom stereocenters. The average Bonchev–Trinajstić information content (AvgIpc) is 2.98. The first-order valence-corrected chi connectivity index (χ1v) is 9.18. The third kappa shape index (κ3) is 3.12. The second-order valence-corrected chi connectivity index (χ2v) is 7.56. The SMILES string of the molecule is COC(=O)c1cn(S(=O)(=O)Cc2c(F)cccc2Cl)c2ccccc12. The summed E-state index contributed by atoms with van der Waals surface area (Å²) in [5.74, 6) is -2.01. The van der Waals surface area contributed by atoms with Crippen LogP contribution in [0.1, 0.15) is 15.9 Å². The molecule has 25 heavy (non-hydrogen) atoms. The maximum atomic E-state index is 14.0. The molecule has 0 spiro atoms. The van der Waals surface area contributed by atoms with Crippen LogP contribution in [0.4, 0.5) is 4.39 Å². The highest BCUT2D eigenvalue weighted by Crippen LogP contribution is 2.27. The highest BCUT2D eigenvalue weighted by atomic mass is 35.5. The number of benzene rings is 2. The van der Waals surface area contributed by atoms with Gasteiger partial charge >= 0.3 is 5.97 Å². The molecular weight excluding hydrogens is 369 g/mol. The molecule has 0 radical (unpaired) electrons. The number of carbonyl (C=O) groups excluding carboxylic acids is 1. The number of halogens is 2. The van der Waals surface area contributed by atoms with Crippen molar-refractivity contribution in [2.75, 3.05) is 7.11 Å². The number of hydrogen-bond acceptors (Lipinski definition) is 4. The van der Waals surface area contributed by atoms with Crippen molar-refractivity contribution in [1.29, 1.82) is 0 Å². The minimum absolute atomic E-state index is 0.0215. The summed E-state index contributed by atoms with van der Waals surface area (Å²) in [7, 11) is -2.81. The molecular formula is C17H13ClFNO4S. The lowest BCUT2D eigenvalue weighted by Gasteiger charge is -2.09. The molecule has 0 bridgehead atoms. The summed E-state index contributed by atoms with van der Waals surface area (Å²) in [6.07, 6.45) is 1.18. The first kappa shape index (κ1) is 17.4. The molecule has 0 amide bonds. The number of fused-ring (bicyclic) bond motifs is 1. The Morgan fingerprint density at radius 3 is 2.60 bits per heavy atom. The largest absolute Gasteiger partial charge is 0.465 e. The predicted octanol–water partition coefficient (Wildman–Crippen LogP) is 3.60. The fraction of sp³-hybridized carbons (Fsp3) is 0.118. The van der Waals surface area contributed by atoms with Crippen molar-refractivity contribution >= 4 is 38.5 Å². The van der Waals surface area contributed by atoms with E-state index in [4.69, 9.17) is 16.3 Å². The molecule has 5 nitrogen and oxygen atoms in total. The summed E-state index contributed by atoms with van der Waals surface area (Å²) in [5, 5.41) is 0.450. The molecule has 8 heteroatoms. The van der Waals surface area contributed by atoms with Gasteiger partial charge < -0.3 is 4.74 Å². The molecule has 3 aromatic rings. The fourth-order valence-corrected chi connectivity index (χ4v) is 4.41. The first-order chi connectivity index (χ1) is 11.8. The van der Waals surface area contributed by atoms with Crippen LogP contribution < -0.4 is 0 Å². The Balaban J connectivity index is 2.17. The Morgan fingerprint density at radius 2 is 1.92 bits per heavy atom. The summed E-state index contributed by atoms with van der Waals surface area (Å²) < 4.78 is 45.3. The van der Waals surface area contributed by atoms with Crippen LogP contribution in [-0.2, 0) is 20.5 Å². The third-order valence-corrected chi connectivity index (χ3v) is 5.68. The van der Waals surface area contributed by atoms with Gasteiger partial charge in [-0.15, -0.1) is 0 Å². The number of hydrogen-bond donors (Lipinski definition) is 0. The number of nitrogens with zero attached hydrogens (tertiary/aromatic N) is 1. The maximum absolute atomic E-state index is 14.0. The van der Waals surface area contributed by atoms with Crippen molar-refractivity contribution in [1.82, 2.24) is 3.97 Å². The zero-order valence-electron chi connectivity index (χ0n) is 13.1. The molecule has 130 valence electrons. The van der Waals surface area contributed by atoms with E-state index in [-0.39, 0.29) is 16.1 Å². The number of rotatable bonds is 4. The maximum Gasteiger partial charge on any atom is 0.340 e. The molecule has 0 N–H and O–H groups in total. The normalized spacial score (nSPS) is 11.6. The van der Waals surface area contributed by atoms with E-state index in [1.807, 2.05) is 0 Å². The lowest BCUT2D eigenvalue weighted by molar-refractivity contribution is 0.0603. The standard InChI is InChI=1S/C17H13ClFNO4S/c1-24-17(21)12-9-20(16-8-3-2-5-11(12)16)25(22,23)10-13-14(18)6-4-7-15(13)19/h2-9H,10H2,1H3. The number of carbonyl (C=O) groups is 1. The molecule has 0 saturated heterocycles. The van der Waals surface area contributed by atoms with Crippen molar-refractivity contribution in [2.45, 2.75) is 5.75 Å². The van der Waals surface area contributed by atoms with E-state index in [9.17, 15) is 17.6 Å². The summed E-state index contributed by atoms with van der Waals surface area (Å²) in [6.45, 7) is 0. The number of esters is 1. The van der Waals surface area contributed by atoms with Gasteiger partial charge in [0.1, 0.15) is 5.82 Å². The number of aromatic nitrogens is 1. The Hall–Kier alpha value is -2.38. The van der Waals surface area contributed by atoms with Crippen LogP contribution in [0.25, 0.3) is 10.9 Å². The first-order valence-electron chi connectivity index (χ1n) is 7.19. The molecule has 2 aromatic carbocycles. The minimum Gasteiger partial charge on any atom is -0.465 e. The van der Waals surface area contributed by atoms with E-state index >= 15 is 0 Å². The zero-order chi connectivity index (χ0) is 18.2. The Morgan fingerprint density at radius 1 is 1.20 bits per heavy atom. The highest BCUT2D eigenvalue weighted by Gasteiger charge is 2.24. The second-order valence-electron chi connectivity index (χ2n) is 5.30. The molecule has 0 fully saturated rings. The van der Waals surface area contributed by atoms with Gasteiger partial charge in [-0.3, -0.25) is 0 Å². The van der Waals surface area contributed by atoms with Gasteiger partial charge in [-0.2, -0.15) is 0 Å². The van der Waals surface area contributed by atoms with Gasteiger partial charge in [0.05, 0.1) is 23.9 Å². The zero-order valence-corrected chi connectivity index (χ0v) is 14.6. The van der Waals surface area contributed by atoms with Crippen molar-refractivity contribution < 1.29 is 22.3 Å². The van der Waals surface area contributed by atoms with E-state index in [0.29, 0.717) is 10.9 Å². The van der Waals surface area contributed by atoms with Crippen LogP contribution in [-0.4, -0.2) is 25.5 Å². The summed E-state index contributed by atoms with van der Waals surface area (Å²) in [6, 6.07) is 10.5. The van der Waals surface area contributed by atoms with Crippen molar-refractivity contribution in [3.05, 3.63) is 70.6 Å². The van der Waals surface area contributed by atoms with Crippen molar-refractivity contribution in [2.24, 2.45) is 0 Å². The smallest absolute Gasteiger partial charge is 0.340 e. The molecule has 1 heterocycles. The van der Waals surface area contributed by atoms with Gasteiger partial charge in [0.2, 0.25) is 10.0 Å². The second kappa shape index (κ2) is 6.50. The van der Waals surface area contributed by atoms with E-state index in [1.54, 1.807) is 24.3 Å². The Kier molecular flexibility index (Phi) is 4.53. The molecule has 3 rings (SSSR count). The molecule has 0 unspecified atom stereocenters. The molecule has 1 aromatic heterocycles. The highest BCUT2D eigenvalue weighted by molar-refractivity contribution is 7.89. The average molecular weight is 382 g/mol. The van der Waals surface area contributed by atoms with Gasteiger partial charge in [-0.1, -0.05) is 35.9 Å². The van der Waals surface area contributed by atoms with Crippen LogP contribution in [0.3, 0.4) is 0 Å². The van der Waals surface area contributed by atoms with Crippen LogP contribution in [0.15, 0.2) is 48.7 Å². The number of para-hydroxylation sites is 1. The Bertz CT molecular complexity index is 1060. The van der Waals surface area contributed by atoms with E-state index in [2.05, 4.69) is 0 Å². The number of ether oxygens (including phenoxy) is 1. The van der Waals surface area contributed by atoms with Crippen LogP contribution in [0.2, 0.25) is 5.02 Å². The predicted molar refractivity (Wildman–Crippen MR) is 92.7 cm³/mol. The topological polar surface area (TPSA) is 65.4 Å². The van der Waals surface area contributed by atoms with E-state index in [0.717, 1.165) is 10.0 Å². The van der Waals surface area contributed by atoms with Crippen LogP contribution in [0.5, 0.6) is 0 Å². The van der Waals surface area contributed by atoms with Crippen molar-refractivity contribution in [3.63, 3.8) is 0 Å². The van der Waals surface area contributed by atoms with E-state index < -0.39 is 27.6 Å². The quantitative estimate of drug-likeness (QED) is 0.648. The van der Waals surface area contributed by atoms with Crippen LogP contribution >= 0.6 is 11.6 Å². The Labute approximate surface area is 148 Å². The molecule has 0 aliphatic heterocycles. The van der Waals surface area contributed by atoms with Gasteiger partial charge in [0.25, 0.3) is 0 Å². The molecule has 0 aliphatic rings. The fourth-order valence-electron chi connectivity index (χ4n) is 2.57. The van der Waals surface area contributed by atoms with Gasteiger partial charge in [-0.25, -0.2) is 21.6 Å². The summed E-state index contributed by atoms with van der Waals surface area (Å²) >= 11 is 5.93. The molecule has 0 saturated carbocycles. The number of methoxy groups -OCH3 is 1. The van der Waals surface area contributed by atoms with Crippen molar-refractivity contribution in [3.8, 4) is 0 Å². The lowest BCUT2D eigenvalue weighted by Crippen LogP contribution is -2.15. The minimum atomic E-state index is -4.02. The summed E-state index contributed by atoms with van der Waals surface area (Å²) in [5.41, 5.74) is 0.290. The monoisotopic (exact) mass is 381 g/mol. The van der Waals surface area contributed by atoms with Gasteiger partial charge in [-0.05, 0) is 18.2 Å².